The monoisotopic (exact) mass is 382 g/mol. The van der Waals surface area contributed by atoms with Gasteiger partial charge in [-0.3, -0.25) is 9.79 Å². The highest BCUT2D eigenvalue weighted by atomic mass is 16.5. The van der Waals surface area contributed by atoms with Gasteiger partial charge in [0.15, 0.2) is 5.96 Å². The molecule has 0 radical (unpaired) electrons. The van der Waals surface area contributed by atoms with E-state index in [-0.39, 0.29) is 5.91 Å². The Morgan fingerprint density at radius 1 is 1.00 bits per heavy atom. The van der Waals surface area contributed by atoms with Crippen LogP contribution >= 0.6 is 0 Å². The van der Waals surface area contributed by atoms with Crippen LogP contribution in [0.2, 0.25) is 0 Å². The van der Waals surface area contributed by atoms with Gasteiger partial charge in [0.25, 0.3) is 0 Å². The van der Waals surface area contributed by atoms with Crippen molar-refractivity contribution in [2.45, 2.75) is 26.3 Å². The first-order valence-corrected chi connectivity index (χ1v) is 9.51. The van der Waals surface area contributed by atoms with Crippen molar-refractivity contribution >= 4 is 11.9 Å². The molecule has 0 spiro atoms. The Morgan fingerprint density at radius 3 is 2.46 bits per heavy atom. The smallest absolute Gasteiger partial charge is 0.222 e. The van der Waals surface area contributed by atoms with Crippen LogP contribution < -0.4 is 20.7 Å². The first-order valence-electron chi connectivity index (χ1n) is 9.51. The maximum atomic E-state index is 11.9. The fourth-order valence-corrected chi connectivity index (χ4v) is 2.75. The second kappa shape index (κ2) is 11.6. The van der Waals surface area contributed by atoms with Gasteiger partial charge in [0, 0.05) is 33.1 Å². The third kappa shape index (κ3) is 7.31. The van der Waals surface area contributed by atoms with Crippen molar-refractivity contribution in [3.05, 3.63) is 65.2 Å². The lowest BCUT2D eigenvalue weighted by Gasteiger charge is -2.13. The summed E-state index contributed by atoms with van der Waals surface area (Å²) >= 11 is 0. The largest absolute Gasteiger partial charge is 0.496 e. The van der Waals surface area contributed by atoms with E-state index in [2.05, 4.69) is 39.1 Å². The molecule has 150 valence electrons. The molecule has 0 saturated heterocycles. The number of hydrogen-bond acceptors (Lipinski definition) is 3. The molecule has 1 amide bonds. The maximum absolute atomic E-state index is 11.9. The molecule has 6 heteroatoms. The van der Waals surface area contributed by atoms with Crippen molar-refractivity contribution in [1.29, 1.82) is 0 Å². The summed E-state index contributed by atoms with van der Waals surface area (Å²) in [6, 6.07) is 16.1. The van der Waals surface area contributed by atoms with E-state index >= 15 is 0 Å². The number of rotatable bonds is 9. The van der Waals surface area contributed by atoms with E-state index in [1.54, 1.807) is 14.2 Å². The molecule has 28 heavy (non-hydrogen) atoms. The fraction of sp³-hybridized carbons (Fsp3) is 0.364. The summed E-state index contributed by atoms with van der Waals surface area (Å²) in [7, 11) is 3.41. The third-order valence-corrected chi connectivity index (χ3v) is 4.38. The van der Waals surface area contributed by atoms with Crippen LogP contribution in [0.1, 0.15) is 23.1 Å². The summed E-state index contributed by atoms with van der Waals surface area (Å²) in [4.78, 5) is 16.1. The number of hydrogen-bond donors (Lipinski definition) is 3. The first-order chi connectivity index (χ1) is 13.6. The van der Waals surface area contributed by atoms with E-state index in [0.29, 0.717) is 25.5 Å². The van der Waals surface area contributed by atoms with Gasteiger partial charge in [0.1, 0.15) is 5.75 Å². The number of nitrogens with one attached hydrogen (secondary N) is 3. The van der Waals surface area contributed by atoms with Gasteiger partial charge in [0.05, 0.1) is 7.11 Å². The molecule has 2 aromatic carbocycles. The maximum Gasteiger partial charge on any atom is 0.222 e. The van der Waals surface area contributed by atoms with Gasteiger partial charge in [-0.1, -0.05) is 42.5 Å². The van der Waals surface area contributed by atoms with E-state index in [0.717, 1.165) is 29.8 Å². The van der Waals surface area contributed by atoms with Crippen LogP contribution in [-0.2, 0) is 17.8 Å². The molecule has 0 aliphatic carbocycles. The van der Waals surface area contributed by atoms with Crippen LogP contribution in [0.4, 0.5) is 0 Å². The van der Waals surface area contributed by atoms with Crippen molar-refractivity contribution < 1.29 is 9.53 Å². The third-order valence-electron chi connectivity index (χ3n) is 4.38. The molecular weight excluding hydrogens is 352 g/mol. The fourth-order valence-electron chi connectivity index (χ4n) is 2.75. The minimum atomic E-state index is 0.0126. The van der Waals surface area contributed by atoms with E-state index in [1.807, 2.05) is 37.3 Å². The standard InChI is InChI=1S/C22H30N4O2/c1-17-9-10-18(15-20(17)28-3)11-13-24-22(23-2)25-14-12-21(27)26-16-19-7-5-4-6-8-19/h4-10,15H,11-14,16H2,1-3H3,(H,26,27)(H2,23,24,25). The van der Waals surface area contributed by atoms with Gasteiger partial charge in [0.2, 0.25) is 5.91 Å². The molecule has 6 nitrogen and oxygen atoms in total. The number of aryl methyl sites for hydroxylation is 1. The molecule has 0 saturated carbocycles. The Balaban J connectivity index is 1.65. The number of aliphatic imine (C=N–C) groups is 1. The first kappa shape index (κ1) is 21.3. The average Bonchev–Trinajstić information content (AvgIpc) is 2.73. The zero-order chi connectivity index (χ0) is 20.2. The number of nitrogens with zero attached hydrogens (tertiary/aromatic N) is 1. The van der Waals surface area contributed by atoms with Crippen LogP contribution in [0, 0.1) is 6.92 Å². The summed E-state index contributed by atoms with van der Waals surface area (Å²) < 4.78 is 5.36. The Bertz CT molecular complexity index is 775. The van der Waals surface area contributed by atoms with Crippen LogP contribution in [0.25, 0.3) is 0 Å². The number of methoxy groups -OCH3 is 1. The number of benzene rings is 2. The quantitative estimate of drug-likeness (QED) is 0.460. The molecule has 0 atom stereocenters. The molecule has 0 heterocycles. The summed E-state index contributed by atoms with van der Waals surface area (Å²) in [6.45, 7) is 3.85. The number of ether oxygens (including phenoxy) is 1. The van der Waals surface area contributed by atoms with Crippen molar-refractivity contribution in [3.63, 3.8) is 0 Å². The van der Waals surface area contributed by atoms with E-state index in [4.69, 9.17) is 4.74 Å². The normalized spacial score (nSPS) is 11.0. The van der Waals surface area contributed by atoms with Crippen molar-refractivity contribution in [2.75, 3.05) is 27.2 Å². The molecule has 0 fully saturated rings. The minimum absolute atomic E-state index is 0.0126. The van der Waals surface area contributed by atoms with E-state index in [9.17, 15) is 4.79 Å². The zero-order valence-corrected chi connectivity index (χ0v) is 16.9. The molecule has 3 N–H and O–H groups in total. The van der Waals surface area contributed by atoms with Crippen LogP contribution in [0.15, 0.2) is 53.5 Å². The SMILES string of the molecule is CN=C(NCCC(=O)NCc1ccccc1)NCCc1ccc(C)c(OC)c1. The van der Waals surface area contributed by atoms with Gasteiger partial charge in [-0.15, -0.1) is 0 Å². The predicted octanol–water partition coefficient (Wildman–Crippen LogP) is 2.42. The zero-order valence-electron chi connectivity index (χ0n) is 16.9. The summed E-state index contributed by atoms with van der Waals surface area (Å²) in [5.41, 5.74) is 3.42. The number of amides is 1. The summed E-state index contributed by atoms with van der Waals surface area (Å²) in [5.74, 6) is 1.61. The molecule has 0 bridgehead atoms. The highest BCUT2D eigenvalue weighted by molar-refractivity contribution is 5.81. The van der Waals surface area contributed by atoms with Crippen LogP contribution in [0.5, 0.6) is 5.75 Å². The van der Waals surface area contributed by atoms with Crippen molar-refractivity contribution in [2.24, 2.45) is 4.99 Å². The van der Waals surface area contributed by atoms with Gasteiger partial charge < -0.3 is 20.7 Å². The Morgan fingerprint density at radius 2 is 1.75 bits per heavy atom. The lowest BCUT2D eigenvalue weighted by molar-refractivity contribution is -0.121. The summed E-state index contributed by atoms with van der Waals surface area (Å²) in [6.07, 6.45) is 1.25. The molecule has 0 aromatic heterocycles. The van der Waals surface area contributed by atoms with Crippen LogP contribution in [0.3, 0.4) is 0 Å². The molecule has 0 aliphatic rings. The number of carbonyl (C=O) groups is 1. The van der Waals surface area contributed by atoms with Crippen molar-refractivity contribution in [3.8, 4) is 5.75 Å². The second-order valence-corrected chi connectivity index (χ2v) is 6.49. The Kier molecular flexibility index (Phi) is 8.85. The van der Waals surface area contributed by atoms with Gasteiger partial charge in [-0.2, -0.15) is 0 Å². The Hall–Kier alpha value is -3.02. The topological polar surface area (TPSA) is 74.8 Å². The van der Waals surface area contributed by atoms with Gasteiger partial charge in [-0.25, -0.2) is 0 Å². The predicted molar refractivity (Wildman–Crippen MR) is 114 cm³/mol. The molecule has 0 unspecified atom stereocenters. The molecule has 2 aromatic rings. The molecule has 0 aliphatic heterocycles. The minimum Gasteiger partial charge on any atom is -0.496 e. The van der Waals surface area contributed by atoms with Crippen molar-refractivity contribution in [1.82, 2.24) is 16.0 Å². The lowest BCUT2D eigenvalue weighted by Crippen LogP contribution is -2.40. The Labute approximate surface area is 167 Å². The highest BCUT2D eigenvalue weighted by Crippen LogP contribution is 2.18. The van der Waals surface area contributed by atoms with Gasteiger partial charge >= 0.3 is 0 Å². The number of guanidine groups is 1. The van der Waals surface area contributed by atoms with Crippen LogP contribution in [-0.4, -0.2) is 39.1 Å². The summed E-state index contributed by atoms with van der Waals surface area (Å²) in [5, 5.41) is 9.36. The highest BCUT2D eigenvalue weighted by Gasteiger charge is 2.04. The molecule has 2 rings (SSSR count). The second-order valence-electron chi connectivity index (χ2n) is 6.49. The van der Waals surface area contributed by atoms with E-state index < -0.39 is 0 Å². The number of carbonyl (C=O) groups excluding carboxylic acids is 1. The average molecular weight is 383 g/mol. The lowest BCUT2D eigenvalue weighted by atomic mass is 10.1. The molecular formula is C22H30N4O2. The van der Waals surface area contributed by atoms with Gasteiger partial charge in [-0.05, 0) is 36.1 Å². The van der Waals surface area contributed by atoms with E-state index in [1.165, 1.54) is 5.56 Å².